The van der Waals surface area contributed by atoms with Crippen molar-refractivity contribution in [3.05, 3.63) is 53.5 Å². The summed E-state index contributed by atoms with van der Waals surface area (Å²) in [5.41, 5.74) is 1.01. The van der Waals surface area contributed by atoms with E-state index < -0.39 is 0 Å². The summed E-state index contributed by atoms with van der Waals surface area (Å²) in [6, 6.07) is 8.78. The smallest absolute Gasteiger partial charge is 0.261 e. The molecule has 3 amide bonds. The lowest BCUT2D eigenvalue weighted by Crippen LogP contribution is -2.40. The summed E-state index contributed by atoms with van der Waals surface area (Å²) >= 11 is 0. The highest BCUT2D eigenvalue weighted by Crippen LogP contribution is 2.25. The van der Waals surface area contributed by atoms with Crippen molar-refractivity contribution >= 4 is 17.7 Å². The number of nitrogens with one attached hydrogen (secondary N) is 1. The second-order valence-electron chi connectivity index (χ2n) is 7.89. The first-order chi connectivity index (χ1) is 15.6. The average Bonchev–Trinajstić information content (AvgIpc) is 3.06. The van der Waals surface area contributed by atoms with Gasteiger partial charge in [0.25, 0.3) is 17.7 Å². The number of imide groups is 1. The molecule has 164 valence electrons. The molecule has 1 aromatic carbocycles. The number of rotatable bonds is 7. The highest BCUT2D eigenvalue weighted by molar-refractivity contribution is 6.21. The SMILES string of the molecule is N#Cc1nccnc1OC1CCC(NC(=O)CCCN2C(=O)c3ccccc3C2=O)CC1. The number of hydrogen-bond acceptors (Lipinski definition) is 7. The van der Waals surface area contributed by atoms with Crippen LogP contribution in [0, 0.1) is 11.3 Å². The molecule has 2 heterocycles. The molecule has 1 aromatic heterocycles. The third kappa shape index (κ3) is 4.59. The van der Waals surface area contributed by atoms with Gasteiger partial charge in [-0.1, -0.05) is 12.1 Å². The molecule has 1 aliphatic carbocycles. The Balaban J connectivity index is 1.18. The summed E-state index contributed by atoms with van der Waals surface area (Å²) in [5, 5.41) is 12.1. The lowest BCUT2D eigenvalue weighted by molar-refractivity contribution is -0.122. The maximum absolute atomic E-state index is 12.4. The van der Waals surface area contributed by atoms with Crippen molar-refractivity contribution in [3.63, 3.8) is 0 Å². The van der Waals surface area contributed by atoms with Crippen LogP contribution in [0.15, 0.2) is 36.7 Å². The fraction of sp³-hybridized carbons (Fsp3) is 0.391. The van der Waals surface area contributed by atoms with Gasteiger partial charge in [-0.15, -0.1) is 0 Å². The lowest BCUT2D eigenvalue weighted by atomic mass is 9.93. The van der Waals surface area contributed by atoms with Crippen LogP contribution in [0.5, 0.6) is 5.88 Å². The molecular formula is C23H23N5O4. The third-order valence-electron chi connectivity index (χ3n) is 5.75. The predicted octanol–water partition coefficient (Wildman–Crippen LogP) is 2.23. The highest BCUT2D eigenvalue weighted by Gasteiger charge is 2.34. The molecule has 1 aliphatic heterocycles. The van der Waals surface area contributed by atoms with E-state index in [0.717, 1.165) is 25.7 Å². The summed E-state index contributed by atoms with van der Waals surface area (Å²) in [7, 11) is 0. The van der Waals surface area contributed by atoms with Gasteiger partial charge in [-0.2, -0.15) is 5.26 Å². The van der Waals surface area contributed by atoms with Gasteiger partial charge in [0.2, 0.25) is 11.6 Å². The number of nitriles is 1. The van der Waals surface area contributed by atoms with E-state index >= 15 is 0 Å². The van der Waals surface area contributed by atoms with Gasteiger partial charge in [0.1, 0.15) is 12.2 Å². The number of fused-ring (bicyclic) bond motifs is 1. The van der Waals surface area contributed by atoms with Crippen LogP contribution in [0.2, 0.25) is 0 Å². The molecule has 0 bridgehead atoms. The molecule has 9 nitrogen and oxygen atoms in total. The Morgan fingerprint density at radius 3 is 2.41 bits per heavy atom. The monoisotopic (exact) mass is 433 g/mol. The van der Waals surface area contributed by atoms with Gasteiger partial charge >= 0.3 is 0 Å². The van der Waals surface area contributed by atoms with E-state index in [1.54, 1.807) is 24.3 Å². The van der Waals surface area contributed by atoms with Crippen LogP contribution < -0.4 is 10.1 Å². The molecule has 1 N–H and O–H groups in total. The Bertz CT molecular complexity index is 1040. The lowest BCUT2D eigenvalue weighted by Gasteiger charge is -2.29. The molecule has 0 atom stereocenters. The maximum atomic E-state index is 12.4. The first kappa shape index (κ1) is 21.4. The standard InChI is InChI=1S/C23H23N5O4/c24-14-19-21(26-12-11-25-19)32-16-9-7-15(8-10-16)27-20(29)6-3-13-28-22(30)17-4-1-2-5-18(17)23(28)31/h1-2,4-5,11-12,15-16H,3,6-10,13H2,(H,27,29). The summed E-state index contributed by atoms with van der Waals surface area (Å²) in [6.45, 7) is 0.222. The van der Waals surface area contributed by atoms with Crippen LogP contribution in [0.1, 0.15) is 64.9 Å². The van der Waals surface area contributed by atoms with Crippen LogP contribution in [0.4, 0.5) is 0 Å². The summed E-state index contributed by atoms with van der Waals surface area (Å²) in [4.78, 5) is 46.3. The molecule has 2 aliphatic rings. The van der Waals surface area contributed by atoms with Gasteiger partial charge in [-0.3, -0.25) is 19.3 Å². The number of aromatic nitrogens is 2. The van der Waals surface area contributed by atoms with Crippen LogP contribution >= 0.6 is 0 Å². The molecule has 4 rings (SSSR count). The van der Waals surface area contributed by atoms with Gasteiger partial charge in [0.05, 0.1) is 11.1 Å². The summed E-state index contributed by atoms with van der Waals surface area (Å²) in [6.07, 6.45) is 6.53. The minimum absolute atomic E-state index is 0.0546. The molecule has 2 aromatic rings. The van der Waals surface area contributed by atoms with Crippen LogP contribution in [-0.4, -0.2) is 51.3 Å². The minimum Gasteiger partial charge on any atom is -0.472 e. The molecule has 32 heavy (non-hydrogen) atoms. The zero-order valence-electron chi connectivity index (χ0n) is 17.5. The van der Waals surface area contributed by atoms with Crippen molar-refractivity contribution < 1.29 is 19.1 Å². The number of amides is 3. The van der Waals surface area contributed by atoms with Gasteiger partial charge in [-0.25, -0.2) is 9.97 Å². The second-order valence-corrected chi connectivity index (χ2v) is 7.89. The van der Waals surface area contributed by atoms with E-state index in [-0.39, 0.29) is 54.4 Å². The second kappa shape index (κ2) is 9.56. The molecule has 0 radical (unpaired) electrons. The zero-order chi connectivity index (χ0) is 22.5. The first-order valence-electron chi connectivity index (χ1n) is 10.7. The zero-order valence-corrected chi connectivity index (χ0v) is 17.5. The van der Waals surface area contributed by atoms with E-state index in [4.69, 9.17) is 10.00 Å². The number of benzene rings is 1. The van der Waals surface area contributed by atoms with Crippen molar-refractivity contribution in [2.24, 2.45) is 0 Å². The van der Waals surface area contributed by atoms with Crippen LogP contribution in [-0.2, 0) is 4.79 Å². The normalized spacial score (nSPS) is 19.9. The Kier molecular flexibility index (Phi) is 6.40. The Morgan fingerprint density at radius 2 is 1.75 bits per heavy atom. The Morgan fingerprint density at radius 1 is 1.09 bits per heavy atom. The molecule has 1 saturated carbocycles. The van der Waals surface area contributed by atoms with Crippen molar-refractivity contribution in [3.8, 4) is 11.9 Å². The number of ether oxygens (including phenoxy) is 1. The summed E-state index contributed by atoms with van der Waals surface area (Å²) in [5.74, 6) is -0.443. The highest BCUT2D eigenvalue weighted by atomic mass is 16.5. The fourth-order valence-corrected chi connectivity index (χ4v) is 4.11. The predicted molar refractivity (Wildman–Crippen MR) is 113 cm³/mol. The Labute approximate surface area is 185 Å². The molecule has 9 heteroatoms. The number of carbonyl (C=O) groups is 3. The minimum atomic E-state index is -0.299. The van der Waals surface area contributed by atoms with Gasteiger partial charge < -0.3 is 10.1 Å². The van der Waals surface area contributed by atoms with E-state index in [0.29, 0.717) is 17.5 Å². The van der Waals surface area contributed by atoms with Crippen molar-refractivity contribution in [1.29, 1.82) is 5.26 Å². The van der Waals surface area contributed by atoms with Gasteiger partial charge in [0, 0.05) is 31.4 Å². The third-order valence-corrected chi connectivity index (χ3v) is 5.75. The van der Waals surface area contributed by atoms with Crippen molar-refractivity contribution in [2.75, 3.05) is 6.54 Å². The quantitative estimate of drug-likeness (QED) is 0.664. The van der Waals surface area contributed by atoms with E-state index in [2.05, 4.69) is 15.3 Å². The van der Waals surface area contributed by atoms with Gasteiger partial charge in [0.15, 0.2) is 0 Å². The Hall–Kier alpha value is -3.80. The molecular weight excluding hydrogens is 410 g/mol. The fourth-order valence-electron chi connectivity index (χ4n) is 4.11. The molecule has 0 unspecified atom stereocenters. The molecule has 0 spiro atoms. The average molecular weight is 433 g/mol. The van der Waals surface area contributed by atoms with E-state index in [1.165, 1.54) is 17.3 Å². The van der Waals surface area contributed by atoms with Crippen molar-refractivity contribution in [1.82, 2.24) is 20.2 Å². The van der Waals surface area contributed by atoms with Crippen LogP contribution in [0.25, 0.3) is 0 Å². The topological polar surface area (TPSA) is 125 Å². The maximum Gasteiger partial charge on any atom is 0.261 e. The summed E-state index contributed by atoms with van der Waals surface area (Å²) < 4.78 is 5.82. The van der Waals surface area contributed by atoms with Crippen LogP contribution in [0.3, 0.4) is 0 Å². The van der Waals surface area contributed by atoms with E-state index in [1.807, 2.05) is 6.07 Å². The number of carbonyl (C=O) groups excluding carboxylic acids is 3. The van der Waals surface area contributed by atoms with Gasteiger partial charge in [-0.05, 0) is 44.2 Å². The largest absolute Gasteiger partial charge is 0.472 e. The molecule has 0 saturated heterocycles. The first-order valence-corrected chi connectivity index (χ1v) is 10.7. The number of nitrogens with zero attached hydrogens (tertiary/aromatic N) is 4. The van der Waals surface area contributed by atoms with Crippen molar-refractivity contribution in [2.45, 2.75) is 50.7 Å². The number of hydrogen-bond donors (Lipinski definition) is 1. The van der Waals surface area contributed by atoms with E-state index in [9.17, 15) is 14.4 Å². The molecule has 1 fully saturated rings.